The summed E-state index contributed by atoms with van der Waals surface area (Å²) in [5.74, 6) is 0.322. The van der Waals surface area contributed by atoms with Crippen LogP contribution in [0.25, 0.3) is 5.65 Å². The number of nitrogens with two attached hydrogens (primary N) is 1. The van der Waals surface area contributed by atoms with Crippen molar-refractivity contribution in [1.82, 2.24) is 9.38 Å². The highest BCUT2D eigenvalue weighted by molar-refractivity contribution is 6.30. The van der Waals surface area contributed by atoms with Crippen molar-refractivity contribution < 1.29 is 0 Å². The van der Waals surface area contributed by atoms with Gasteiger partial charge in [0.15, 0.2) is 0 Å². The second-order valence-corrected chi connectivity index (χ2v) is 4.22. The van der Waals surface area contributed by atoms with Crippen LogP contribution >= 0.6 is 11.6 Å². The lowest BCUT2D eigenvalue weighted by Gasteiger charge is -2.03. The molecule has 2 aromatic heterocycles. The Labute approximate surface area is 93.9 Å². The molecule has 0 aromatic carbocycles. The van der Waals surface area contributed by atoms with Crippen LogP contribution in [0.15, 0.2) is 18.2 Å². The van der Waals surface area contributed by atoms with Gasteiger partial charge < -0.3 is 5.73 Å². The quantitative estimate of drug-likeness (QED) is 0.851. The van der Waals surface area contributed by atoms with Crippen LogP contribution in [0.3, 0.4) is 0 Å². The van der Waals surface area contributed by atoms with Crippen LogP contribution in [0.1, 0.15) is 31.2 Å². The summed E-state index contributed by atoms with van der Waals surface area (Å²) in [5, 5.41) is 0.682. The van der Waals surface area contributed by atoms with Gasteiger partial charge in [-0.25, -0.2) is 4.98 Å². The predicted octanol–water partition coefficient (Wildman–Crippen LogP) is 2.57. The average Bonchev–Trinajstić information content (AvgIpc) is 2.56. The Morgan fingerprint density at radius 3 is 2.80 bits per heavy atom. The van der Waals surface area contributed by atoms with Crippen LogP contribution in [-0.2, 0) is 6.54 Å². The lowest BCUT2D eigenvalue weighted by Crippen LogP contribution is -2.03. The lowest BCUT2D eigenvalue weighted by molar-refractivity contribution is 0.832. The van der Waals surface area contributed by atoms with Gasteiger partial charge in [-0.05, 0) is 18.1 Å². The van der Waals surface area contributed by atoms with Gasteiger partial charge in [-0.15, -0.1) is 0 Å². The Morgan fingerprint density at radius 2 is 2.20 bits per heavy atom. The molecule has 0 saturated heterocycles. The van der Waals surface area contributed by atoms with E-state index in [2.05, 4.69) is 18.8 Å². The molecule has 0 aliphatic carbocycles. The molecule has 4 heteroatoms. The van der Waals surface area contributed by atoms with E-state index >= 15 is 0 Å². The zero-order chi connectivity index (χ0) is 11.0. The normalized spacial score (nSPS) is 11.5. The van der Waals surface area contributed by atoms with E-state index in [0.29, 0.717) is 17.6 Å². The first-order chi connectivity index (χ1) is 7.15. The van der Waals surface area contributed by atoms with E-state index in [1.54, 1.807) is 0 Å². The molecule has 2 rings (SSSR count). The van der Waals surface area contributed by atoms with Crippen LogP contribution in [0.4, 0.5) is 0 Å². The second-order valence-electron chi connectivity index (χ2n) is 3.86. The molecule has 0 saturated carbocycles. The molecule has 80 valence electrons. The molecule has 0 radical (unpaired) electrons. The SMILES string of the molecule is CC(C)c1nc2cccc(CN)n2c1Cl. The van der Waals surface area contributed by atoms with Gasteiger partial charge in [-0.2, -0.15) is 0 Å². The topological polar surface area (TPSA) is 43.3 Å². The zero-order valence-corrected chi connectivity index (χ0v) is 9.62. The molecule has 15 heavy (non-hydrogen) atoms. The van der Waals surface area contributed by atoms with Crippen molar-refractivity contribution >= 4 is 17.2 Å². The fourth-order valence-electron chi connectivity index (χ4n) is 1.67. The first kappa shape index (κ1) is 10.5. The number of nitrogens with zero attached hydrogens (tertiary/aromatic N) is 2. The molecule has 0 atom stereocenters. The van der Waals surface area contributed by atoms with Gasteiger partial charge in [0, 0.05) is 12.2 Å². The molecule has 0 aliphatic heterocycles. The fourth-order valence-corrected chi connectivity index (χ4v) is 2.12. The van der Waals surface area contributed by atoms with Crippen LogP contribution in [0, 0.1) is 0 Å². The summed E-state index contributed by atoms with van der Waals surface area (Å²) < 4.78 is 1.91. The maximum atomic E-state index is 6.28. The number of hydrogen-bond donors (Lipinski definition) is 1. The Bertz CT molecular complexity index is 488. The molecule has 0 spiro atoms. The molecule has 2 aromatic rings. The van der Waals surface area contributed by atoms with Crippen molar-refractivity contribution in [2.45, 2.75) is 26.3 Å². The summed E-state index contributed by atoms with van der Waals surface area (Å²) in [7, 11) is 0. The molecule has 2 N–H and O–H groups in total. The largest absolute Gasteiger partial charge is 0.325 e. The second kappa shape index (κ2) is 3.83. The number of pyridine rings is 1. The molecular weight excluding hydrogens is 210 g/mol. The smallest absolute Gasteiger partial charge is 0.138 e. The minimum Gasteiger partial charge on any atom is -0.325 e. The van der Waals surface area contributed by atoms with E-state index in [4.69, 9.17) is 17.3 Å². The monoisotopic (exact) mass is 223 g/mol. The third-order valence-electron chi connectivity index (χ3n) is 2.45. The van der Waals surface area contributed by atoms with E-state index in [9.17, 15) is 0 Å². The number of aromatic nitrogens is 2. The van der Waals surface area contributed by atoms with Crippen LogP contribution in [0.5, 0.6) is 0 Å². The van der Waals surface area contributed by atoms with Crippen molar-refractivity contribution in [2.75, 3.05) is 0 Å². The first-order valence-electron chi connectivity index (χ1n) is 5.01. The Hall–Kier alpha value is -1.06. The average molecular weight is 224 g/mol. The summed E-state index contributed by atoms with van der Waals surface area (Å²) in [4.78, 5) is 4.50. The van der Waals surface area contributed by atoms with Gasteiger partial charge in [-0.1, -0.05) is 31.5 Å². The molecule has 0 fully saturated rings. The van der Waals surface area contributed by atoms with Gasteiger partial charge in [0.2, 0.25) is 0 Å². The van der Waals surface area contributed by atoms with Crippen molar-refractivity contribution in [3.63, 3.8) is 0 Å². The van der Waals surface area contributed by atoms with Crippen LogP contribution in [-0.4, -0.2) is 9.38 Å². The molecule has 2 heterocycles. The van der Waals surface area contributed by atoms with E-state index in [-0.39, 0.29) is 0 Å². The fraction of sp³-hybridized carbons (Fsp3) is 0.364. The molecule has 0 bridgehead atoms. The van der Waals surface area contributed by atoms with Gasteiger partial charge >= 0.3 is 0 Å². The number of hydrogen-bond acceptors (Lipinski definition) is 2. The number of imidazole rings is 1. The highest BCUT2D eigenvalue weighted by atomic mass is 35.5. The molecular formula is C11H14ClN3. The minimum absolute atomic E-state index is 0.322. The van der Waals surface area contributed by atoms with E-state index in [1.807, 2.05) is 22.6 Å². The Morgan fingerprint density at radius 1 is 1.47 bits per heavy atom. The summed E-state index contributed by atoms with van der Waals surface area (Å²) in [6, 6.07) is 5.85. The van der Waals surface area contributed by atoms with Crippen molar-refractivity contribution in [1.29, 1.82) is 0 Å². The third-order valence-corrected chi connectivity index (χ3v) is 2.81. The first-order valence-corrected chi connectivity index (χ1v) is 5.38. The van der Waals surface area contributed by atoms with Crippen LogP contribution in [0.2, 0.25) is 5.15 Å². The Balaban J connectivity index is 2.77. The molecule has 0 aliphatic rings. The standard InChI is InChI=1S/C11H14ClN3/c1-7(2)10-11(12)15-8(6-13)4-3-5-9(15)14-10/h3-5,7H,6,13H2,1-2H3. The van der Waals surface area contributed by atoms with Crippen molar-refractivity contribution in [3.8, 4) is 0 Å². The van der Waals surface area contributed by atoms with E-state index in [0.717, 1.165) is 17.0 Å². The molecule has 0 unspecified atom stereocenters. The van der Waals surface area contributed by atoms with Gasteiger partial charge in [0.05, 0.1) is 5.69 Å². The number of fused-ring (bicyclic) bond motifs is 1. The van der Waals surface area contributed by atoms with Gasteiger partial charge in [-0.3, -0.25) is 4.40 Å². The van der Waals surface area contributed by atoms with Crippen molar-refractivity contribution in [2.24, 2.45) is 5.73 Å². The maximum absolute atomic E-state index is 6.28. The number of halogens is 1. The highest BCUT2D eigenvalue weighted by Crippen LogP contribution is 2.26. The summed E-state index contributed by atoms with van der Waals surface area (Å²) in [6.07, 6.45) is 0. The summed E-state index contributed by atoms with van der Waals surface area (Å²) in [6.45, 7) is 4.62. The molecule has 0 amide bonds. The molecule has 3 nitrogen and oxygen atoms in total. The van der Waals surface area contributed by atoms with Crippen LogP contribution < -0.4 is 5.73 Å². The minimum atomic E-state index is 0.322. The van der Waals surface area contributed by atoms with E-state index in [1.165, 1.54) is 0 Å². The van der Waals surface area contributed by atoms with Gasteiger partial charge in [0.1, 0.15) is 10.8 Å². The Kier molecular flexibility index (Phi) is 2.67. The summed E-state index contributed by atoms with van der Waals surface area (Å²) >= 11 is 6.28. The predicted molar refractivity (Wildman–Crippen MR) is 62.2 cm³/mol. The maximum Gasteiger partial charge on any atom is 0.138 e. The van der Waals surface area contributed by atoms with Gasteiger partial charge in [0.25, 0.3) is 0 Å². The van der Waals surface area contributed by atoms with Crippen molar-refractivity contribution in [3.05, 3.63) is 34.7 Å². The lowest BCUT2D eigenvalue weighted by atomic mass is 10.2. The third kappa shape index (κ3) is 1.62. The highest BCUT2D eigenvalue weighted by Gasteiger charge is 2.14. The number of rotatable bonds is 2. The summed E-state index contributed by atoms with van der Waals surface area (Å²) in [5.41, 5.74) is 8.44. The van der Waals surface area contributed by atoms with E-state index < -0.39 is 0 Å². The zero-order valence-electron chi connectivity index (χ0n) is 8.87.